The van der Waals surface area contributed by atoms with E-state index in [9.17, 15) is 4.39 Å². The van der Waals surface area contributed by atoms with Crippen molar-refractivity contribution in [2.45, 2.75) is 0 Å². The molecule has 0 saturated carbocycles. The average molecular weight is 273 g/mol. The minimum atomic E-state index is -0.452. The van der Waals surface area contributed by atoms with Gasteiger partial charge < -0.3 is 15.5 Å². The lowest BCUT2D eigenvalue weighted by Gasteiger charge is -2.37. The van der Waals surface area contributed by atoms with Gasteiger partial charge in [-0.3, -0.25) is 0 Å². The summed E-state index contributed by atoms with van der Waals surface area (Å²) in [6.07, 6.45) is 3.01. The van der Waals surface area contributed by atoms with E-state index in [-0.39, 0.29) is 0 Å². The van der Waals surface area contributed by atoms with E-state index in [0.29, 0.717) is 0 Å². The summed E-state index contributed by atoms with van der Waals surface area (Å²) in [6, 6.07) is 7.89. The van der Waals surface area contributed by atoms with Crippen molar-refractivity contribution in [2.24, 2.45) is 0 Å². The molecule has 0 unspecified atom stereocenters. The predicted molar refractivity (Wildman–Crippen MR) is 83.2 cm³/mol. The van der Waals surface area contributed by atoms with Gasteiger partial charge in [-0.25, -0.2) is 4.39 Å². The highest BCUT2D eigenvalue weighted by Gasteiger charge is 2.17. The number of benzene rings is 1. The lowest BCUT2D eigenvalue weighted by atomic mass is 10.2. The van der Waals surface area contributed by atoms with Crippen molar-refractivity contribution >= 4 is 11.4 Å². The number of allylic oxidation sites excluding steroid dienone is 3. The van der Waals surface area contributed by atoms with Crippen molar-refractivity contribution in [1.29, 1.82) is 0 Å². The molecule has 1 aliphatic heterocycles. The van der Waals surface area contributed by atoms with Crippen LogP contribution in [0.5, 0.6) is 0 Å². The van der Waals surface area contributed by atoms with Gasteiger partial charge in [-0.05, 0) is 36.4 Å². The summed E-state index contributed by atoms with van der Waals surface area (Å²) in [4.78, 5) is 4.45. The van der Waals surface area contributed by atoms with E-state index in [1.807, 2.05) is 24.3 Å². The first-order valence-corrected chi connectivity index (χ1v) is 6.63. The van der Waals surface area contributed by atoms with Crippen LogP contribution in [0.3, 0.4) is 0 Å². The summed E-state index contributed by atoms with van der Waals surface area (Å²) in [5.74, 6) is -0.452. The van der Waals surface area contributed by atoms with Gasteiger partial charge in [-0.15, -0.1) is 0 Å². The van der Waals surface area contributed by atoms with Crippen molar-refractivity contribution in [3.05, 3.63) is 61.1 Å². The number of hydrogen-bond donors (Lipinski definition) is 1. The number of nitrogens with two attached hydrogens (primary N) is 1. The standard InChI is InChI=1S/C16H20FN3/c1-13(17)3-4-14(2)19-9-11-20(12-10-19)16-7-5-15(18)6-8-16/h3-8H,1-2,9-12,18H2/b4-3-. The van der Waals surface area contributed by atoms with E-state index in [0.717, 1.165) is 37.6 Å². The summed E-state index contributed by atoms with van der Waals surface area (Å²) < 4.78 is 12.6. The summed E-state index contributed by atoms with van der Waals surface area (Å²) >= 11 is 0. The molecule has 0 spiro atoms. The maximum atomic E-state index is 12.6. The Kier molecular flexibility index (Phi) is 4.45. The minimum Gasteiger partial charge on any atom is -0.399 e. The Morgan fingerprint density at radius 2 is 1.65 bits per heavy atom. The summed E-state index contributed by atoms with van der Waals surface area (Å²) in [6.45, 7) is 10.7. The number of anilines is 2. The third kappa shape index (κ3) is 3.63. The molecule has 1 saturated heterocycles. The molecule has 1 fully saturated rings. The van der Waals surface area contributed by atoms with Crippen LogP contribution < -0.4 is 10.6 Å². The third-order valence-electron chi connectivity index (χ3n) is 3.40. The molecule has 1 aliphatic rings. The highest BCUT2D eigenvalue weighted by Crippen LogP contribution is 2.19. The van der Waals surface area contributed by atoms with Crippen LogP contribution in [0.4, 0.5) is 15.8 Å². The van der Waals surface area contributed by atoms with Gasteiger partial charge in [0.15, 0.2) is 0 Å². The SMILES string of the molecule is C=C(F)/C=C\C(=C)N1CCN(c2ccc(N)cc2)CC1. The molecule has 2 N–H and O–H groups in total. The monoisotopic (exact) mass is 273 g/mol. The highest BCUT2D eigenvalue weighted by atomic mass is 19.1. The van der Waals surface area contributed by atoms with Crippen LogP contribution >= 0.6 is 0 Å². The fourth-order valence-electron chi connectivity index (χ4n) is 2.23. The fraction of sp³-hybridized carbons (Fsp3) is 0.250. The van der Waals surface area contributed by atoms with Crippen LogP contribution in [0.2, 0.25) is 0 Å². The predicted octanol–water partition coefficient (Wildman–Crippen LogP) is 2.94. The molecule has 1 aromatic rings. The number of halogens is 1. The van der Waals surface area contributed by atoms with Crippen LogP contribution in [0.15, 0.2) is 61.1 Å². The summed E-state index contributed by atoms with van der Waals surface area (Å²) in [5.41, 5.74) is 8.47. The quantitative estimate of drug-likeness (QED) is 0.676. The zero-order valence-corrected chi connectivity index (χ0v) is 11.6. The Labute approximate surface area is 119 Å². The summed E-state index contributed by atoms with van der Waals surface area (Å²) in [7, 11) is 0. The first-order chi connectivity index (χ1) is 9.56. The Bertz CT molecular complexity index is 511. The van der Waals surface area contributed by atoms with E-state index >= 15 is 0 Å². The molecular weight excluding hydrogens is 253 g/mol. The molecule has 0 aliphatic carbocycles. The summed E-state index contributed by atoms with van der Waals surface area (Å²) in [5, 5.41) is 0. The van der Waals surface area contributed by atoms with Gasteiger partial charge in [0, 0.05) is 43.3 Å². The molecule has 0 atom stereocenters. The molecule has 3 nitrogen and oxygen atoms in total. The van der Waals surface area contributed by atoms with Crippen molar-refractivity contribution in [3.63, 3.8) is 0 Å². The van der Waals surface area contributed by atoms with E-state index < -0.39 is 5.83 Å². The second kappa shape index (κ2) is 6.28. The lowest BCUT2D eigenvalue weighted by molar-refractivity contribution is 0.331. The van der Waals surface area contributed by atoms with Gasteiger partial charge in [0.1, 0.15) is 5.83 Å². The molecular formula is C16H20FN3. The Morgan fingerprint density at radius 1 is 1.05 bits per heavy atom. The normalized spacial score (nSPS) is 15.7. The van der Waals surface area contributed by atoms with Gasteiger partial charge in [0.2, 0.25) is 0 Å². The molecule has 20 heavy (non-hydrogen) atoms. The van der Waals surface area contributed by atoms with E-state index in [1.54, 1.807) is 6.08 Å². The highest BCUT2D eigenvalue weighted by molar-refractivity contribution is 5.53. The number of hydrogen-bond acceptors (Lipinski definition) is 3. The first-order valence-electron chi connectivity index (χ1n) is 6.63. The molecule has 0 bridgehead atoms. The van der Waals surface area contributed by atoms with E-state index in [4.69, 9.17) is 5.73 Å². The molecule has 1 aromatic carbocycles. The maximum absolute atomic E-state index is 12.6. The molecule has 4 heteroatoms. The number of nitrogen functional groups attached to an aromatic ring is 1. The Balaban J connectivity index is 1.90. The third-order valence-corrected chi connectivity index (χ3v) is 3.40. The second-order valence-corrected chi connectivity index (χ2v) is 4.84. The number of piperazine rings is 1. The van der Waals surface area contributed by atoms with Crippen LogP contribution in [0.25, 0.3) is 0 Å². The maximum Gasteiger partial charge on any atom is 0.116 e. The van der Waals surface area contributed by atoms with Gasteiger partial charge >= 0.3 is 0 Å². The van der Waals surface area contributed by atoms with Crippen molar-refractivity contribution < 1.29 is 4.39 Å². The van der Waals surface area contributed by atoms with Gasteiger partial charge in [0.05, 0.1) is 0 Å². The Morgan fingerprint density at radius 3 is 2.20 bits per heavy atom. The molecule has 0 amide bonds. The number of nitrogens with zero attached hydrogens (tertiary/aromatic N) is 2. The fourth-order valence-corrected chi connectivity index (χ4v) is 2.23. The van der Waals surface area contributed by atoms with Gasteiger partial charge in [0.25, 0.3) is 0 Å². The lowest BCUT2D eigenvalue weighted by Crippen LogP contribution is -2.45. The molecule has 106 valence electrons. The smallest absolute Gasteiger partial charge is 0.116 e. The van der Waals surface area contributed by atoms with Gasteiger partial charge in [-0.2, -0.15) is 0 Å². The zero-order chi connectivity index (χ0) is 14.5. The van der Waals surface area contributed by atoms with Crippen LogP contribution in [-0.2, 0) is 0 Å². The molecule has 2 rings (SSSR count). The van der Waals surface area contributed by atoms with Crippen molar-refractivity contribution in [2.75, 3.05) is 36.8 Å². The van der Waals surface area contributed by atoms with Crippen LogP contribution in [-0.4, -0.2) is 31.1 Å². The minimum absolute atomic E-state index is 0.452. The average Bonchev–Trinajstić information content (AvgIpc) is 2.46. The molecule has 0 radical (unpaired) electrons. The number of rotatable bonds is 4. The van der Waals surface area contributed by atoms with E-state index in [1.165, 1.54) is 11.8 Å². The van der Waals surface area contributed by atoms with Crippen LogP contribution in [0.1, 0.15) is 0 Å². The van der Waals surface area contributed by atoms with Gasteiger partial charge in [-0.1, -0.05) is 13.2 Å². The largest absolute Gasteiger partial charge is 0.399 e. The second-order valence-electron chi connectivity index (χ2n) is 4.84. The van der Waals surface area contributed by atoms with Crippen LogP contribution in [0, 0.1) is 0 Å². The Hall–Kier alpha value is -2.23. The van der Waals surface area contributed by atoms with Crippen molar-refractivity contribution in [1.82, 2.24) is 4.90 Å². The van der Waals surface area contributed by atoms with Crippen molar-refractivity contribution in [3.8, 4) is 0 Å². The topological polar surface area (TPSA) is 32.5 Å². The molecule has 1 heterocycles. The zero-order valence-electron chi connectivity index (χ0n) is 11.6. The van der Waals surface area contributed by atoms with E-state index in [2.05, 4.69) is 23.0 Å². The first kappa shape index (κ1) is 14.2. The molecule has 0 aromatic heterocycles.